The molecule has 0 unspecified atom stereocenters. The van der Waals surface area contributed by atoms with E-state index in [0.29, 0.717) is 46.9 Å². The lowest BCUT2D eigenvalue weighted by atomic mass is 9.99. The second-order valence-corrected chi connectivity index (χ2v) is 9.96. The van der Waals surface area contributed by atoms with E-state index < -0.39 is 5.97 Å². The summed E-state index contributed by atoms with van der Waals surface area (Å²) in [5, 5.41) is 6.33. The van der Waals surface area contributed by atoms with E-state index in [4.69, 9.17) is 9.15 Å². The zero-order chi connectivity index (χ0) is 29.6. The number of rotatable bonds is 10. The number of fused-ring (bicyclic) bond motifs is 1. The fourth-order valence-electron chi connectivity index (χ4n) is 4.70. The molecule has 2 heterocycles. The van der Waals surface area contributed by atoms with Gasteiger partial charge >= 0.3 is 5.97 Å². The van der Waals surface area contributed by atoms with Gasteiger partial charge in [0.05, 0.1) is 35.4 Å². The van der Waals surface area contributed by atoms with Crippen LogP contribution in [0.25, 0.3) is 11.3 Å². The topological polar surface area (TPSA) is 104 Å². The summed E-state index contributed by atoms with van der Waals surface area (Å²) in [7, 11) is 3.91. The highest BCUT2D eigenvalue weighted by molar-refractivity contribution is 6.37. The van der Waals surface area contributed by atoms with Crippen LogP contribution in [-0.4, -0.2) is 56.5 Å². The van der Waals surface area contributed by atoms with Crippen molar-refractivity contribution in [3.05, 3.63) is 114 Å². The molecule has 0 saturated carbocycles. The van der Waals surface area contributed by atoms with Crippen molar-refractivity contribution < 1.29 is 23.5 Å². The number of likely N-dealkylation sites (N-methyl/N-ethyl adjacent to an activating group) is 1. The van der Waals surface area contributed by atoms with Crippen molar-refractivity contribution in [3.8, 4) is 0 Å². The van der Waals surface area contributed by atoms with Crippen molar-refractivity contribution in [2.45, 2.75) is 6.92 Å². The molecule has 9 heteroatoms. The van der Waals surface area contributed by atoms with Gasteiger partial charge in [0, 0.05) is 30.0 Å². The highest BCUT2D eigenvalue weighted by Gasteiger charge is 2.29. The van der Waals surface area contributed by atoms with E-state index in [1.165, 1.54) is 6.26 Å². The molecule has 2 amide bonds. The first-order valence-corrected chi connectivity index (χ1v) is 13.7. The van der Waals surface area contributed by atoms with Crippen molar-refractivity contribution in [1.29, 1.82) is 0 Å². The standard InChI is InChI=1S/C33H32N4O5/c1-4-41-33(40)23-12-17-26-27(21-23)35-31(38)29(26)30(22-9-6-5-7-10-22)34-24-13-15-25(16-14-24)37(19-18-36(2)3)32(39)28-11-8-20-42-28/h5-17,20-21,34H,4,18-19H2,1-3H3,(H,35,38)/b30-29+. The van der Waals surface area contributed by atoms with Gasteiger partial charge in [0.15, 0.2) is 5.76 Å². The molecule has 0 aliphatic carbocycles. The third kappa shape index (κ3) is 6.11. The first-order valence-electron chi connectivity index (χ1n) is 13.7. The van der Waals surface area contributed by atoms with Crippen LogP contribution in [0.3, 0.4) is 0 Å². The van der Waals surface area contributed by atoms with Crippen LogP contribution in [0.15, 0.2) is 95.6 Å². The van der Waals surface area contributed by atoms with E-state index in [1.54, 1.807) is 42.2 Å². The number of hydrogen-bond donors (Lipinski definition) is 2. The molecule has 9 nitrogen and oxygen atoms in total. The Morgan fingerprint density at radius 3 is 2.33 bits per heavy atom. The van der Waals surface area contributed by atoms with Gasteiger partial charge in [0.25, 0.3) is 11.8 Å². The van der Waals surface area contributed by atoms with Crippen LogP contribution in [-0.2, 0) is 9.53 Å². The monoisotopic (exact) mass is 564 g/mol. The van der Waals surface area contributed by atoms with E-state index in [1.807, 2.05) is 73.6 Å². The van der Waals surface area contributed by atoms with Crippen LogP contribution >= 0.6 is 0 Å². The molecule has 1 aliphatic heterocycles. The summed E-state index contributed by atoms with van der Waals surface area (Å²) in [6, 6.07) is 25.4. The number of benzene rings is 3. The van der Waals surface area contributed by atoms with Crippen molar-refractivity contribution in [3.63, 3.8) is 0 Å². The predicted molar refractivity (Wildman–Crippen MR) is 163 cm³/mol. The van der Waals surface area contributed by atoms with Crippen molar-refractivity contribution in [2.75, 3.05) is 49.3 Å². The Morgan fingerprint density at radius 1 is 0.905 bits per heavy atom. The highest BCUT2D eigenvalue weighted by Crippen LogP contribution is 2.38. The minimum absolute atomic E-state index is 0.226. The first kappa shape index (κ1) is 28.4. The third-order valence-corrected chi connectivity index (χ3v) is 6.78. The first-order chi connectivity index (χ1) is 20.4. The van der Waals surface area contributed by atoms with Gasteiger partial charge in [-0.1, -0.05) is 36.4 Å². The molecular formula is C33H32N4O5. The van der Waals surface area contributed by atoms with Gasteiger partial charge in [-0.25, -0.2) is 4.79 Å². The summed E-state index contributed by atoms with van der Waals surface area (Å²) in [5.41, 5.74) is 4.91. The number of amides is 2. The Labute approximate surface area is 244 Å². The molecule has 0 fully saturated rings. The number of esters is 1. The molecule has 0 radical (unpaired) electrons. The molecule has 0 bridgehead atoms. The average Bonchev–Trinajstić information content (AvgIpc) is 3.64. The molecule has 5 rings (SSSR count). The summed E-state index contributed by atoms with van der Waals surface area (Å²) in [6.45, 7) is 3.15. The van der Waals surface area contributed by atoms with Gasteiger partial charge in [-0.05, 0) is 75.1 Å². The summed E-state index contributed by atoms with van der Waals surface area (Å²) >= 11 is 0. The van der Waals surface area contributed by atoms with E-state index in [2.05, 4.69) is 10.6 Å². The minimum Gasteiger partial charge on any atom is -0.462 e. The number of carbonyl (C=O) groups excluding carboxylic acids is 3. The Hall–Kier alpha value is -5.15. The average molecular weight is 565 g/mol. The fourth-order valence-corrected chi connectivity index (χ4v) is 4.70. The van der Waals surface area contributed by atoms with E-state index in [-0.39, 0.29) is 24.2 Å². The maximum atomic E-state index is 13.3. The van der Waals surface area contributed by atoms with Crippen LogP contribution in [0.1, 0.15) is 39.0 Å². The Morgan fingerprint density at radius 2 is 1.67 bits per heavy atom. The van der Waals surface area contributed by atoms with Crippen LogP contribution in [0.5, 0.6) is 0 Å². The number of ether oxygens (including phenoxy) is 1. The number of hydrogen-bond acceptors (Lipinski definition) is 7. The van der Waals surface area contributed by atoms with Gasteiger partial charge in [-0.15, -0.1) is 0 Å². The van der Waals surface area contributed by atoms with Crippen molar-refractivity contribution >= 4 is 46.1 Å². The Balaban J connectivity index is 1.49. The molecule has 1 aromatic heterocycles. The maximum absolute atomic E-state index is 13.3. The highest BCUT2D eigenvalue weighted by atomic mass is 16.5. The molecule has 0 atom stereocenters. The van der Waals surface area contributed by atoms with E-state index in [0.717, 1.165) is 11.3 Å². The molecule has 2 N–H and O–H groups in total. The number of furan rings is 1. The Bertz CT molecular complexity index is 1610. The summed E-state index contributed by atoms with van der Waals surface area (Å²) < 4.78 is 10.5. The van der Waals surface area contributed by atoms with E-state index in [9.17, 15) is 14.4 Å². The zero-order valence-electron chi connectivity index (χ0n) is 23.7. The number of nitrogens with zero attached hydrogens (tertiary/aromatic N) is 2. The van der Waals surface area contributed by atoms with Gasteiger partial charge in [0.2, 0.25) is 0 Å². The summed E-state index contributed by atoms with van der Waals surface area (Å²) in [4.78, 5) is 42.5. The van der Waals surface area contributed by atoms with Gasteiger partial charge in [-0.2, -0.15) is 0 Å². The molecule has 3 aromatic carbocycles. The molecule has 214 valence electrons. The third-order valence-electron chi connectivity index (χ3n) is 6.78. The second-order valence-electron chi connectivity index (χ2n) is 9.96. The van der Waals surface area contributed by atoms with Crippen LogP contribution in [0, 0.1) is 0 Å². The lowest BCUT2D eigenvalue weighted by Crippen LogP contribution is -2.36. The molecular weight excluding hydrogens is 532 g/mol. The maximum Gasteiger partial charge on any atom is 0.338 e. The van der Waals surface area contributed by atoms with Crippen LogP contribution in [0.4, 0.5) is 17.1 Å². The summed E-state index contributed by atoms with van der Waals surface area (Å²) in [5.74, 6) is -0.688. The van der Waals surface area contributed by atoms with Gasteiger partial charge in [0.1, 0.15) is 0 Å². The second kappa shape index (κ2) is 12.6. The van der Waals surface area contributed by atoms with Crippen LogP contribution < -0.4 is 15.5 Å². The summed E-state index contributed by atoms with van der Waals surface area (Å²) in [6.07, 6.45) is 1.48. The lowest BCUT2D eigenvalue weighted by molar-refractivity contribution is -0.110. The van der Waals surface area contributed by atoms with Gasteiger partial charge < -0.3 is 29.6 Å². The lowest BCUT2D eigenvalue weighted by Gasteiger charge is -2.24. The zero-order valence-corrected chi connectivity index (χ0v) is 23.7. The molecule has 1 aliphatic rings. The SMILES string of the molecule is CCOC(=O)c1ccc2c(c1)NC(=O)/C2=C(/Nc1ccc(N(CCN(C)C)C(=O)c2ccco2)cc1)c1ccccc1. The number of anilines is 3. The Kier molecular flexibility index (Phi) is 8.50. The molecule has 42 heavy (non-hydrogen) atoms. The molecule has 0 spiro atoms. The normalized spacial score (nSPS) is 13.4. The van der Waals surface area contributed by atoms with E-state index >= 15 is 0 Å². The van der Waals surface area contributed by atoms with Crippen LogP contribution in [0.2, 0.25) is 0 Å². The van der Waals surface area contributed by atoms with Crippen molar-refractivity contribution in [2.24, 2.45) is 0 Å². The predicted octanol–water partition coefficient (Wildman–Crippen LogP) is 5.60. The largest absolute Gasteiger partial charge is 0.462 e. The number of nitrogens with one attached hydrogen (secondary N) is 2. The molecule has 0 saturated heterocycles. The molecule has 4 aromatic rings. The fraction of sp³-hybridized carbons (Fsp3) is 0.182. The minimum atomic E-state index is -0.446. The quantitative estimate of drug-likeness (QED) is 0.191. The number of carbonyl (C=O) groups is 3. The smallest absolute Gasteiger partial charge is 0.338 e. The van der Waals surface area contributed by atoms with Crippen molar-refractivity contribution in [1.82, 2.24) is 4.90 Å². The van der Waals surface area contributed by atoms with Gasteiger partial charge in [-0.3, -0.25) is 9.59 Å².